The topological polar surface area (TPSA) is 136 Å². The van der Waals surface area contributed by atoms with Gasteiger partial charge in [-0.15, -0.1) is 0 Å². The van der Waals surface area contributed by atoms with Crippen LogP contribution in [-0.4, -0.2) is 87.3 Å². The third kappa shape index (κ3) is 8.12. The highest BCUT2D eigenvalue weighted by molar-refractivity contribution is 7.97. The first-order valence-electron chi connectivity index (χ1n) is 15.9. The smallest absolute Gasteiger partial charge is 0.387 e. The van der Waals surface area contributed by atoms with Crippen molar-refractivity contribution in [1.29, 1.82) is 5.26 Å². The quantitative estimate of drug-likeness (QED) is 0.179. The van der Waals surface area contributed by atoms with E-state index in [1.807, 2.05) is 30.9 Å². The standard InChI is InChI=1S/C33H38F2N10O2S/c1-37-31-27-6-4-22(15-29(27)43(2)42-31)21-7-11-44(12-8-21)20-30(46)41-28-16-26(5-3-23(28)17-36)48-45-13-9-24(10-14-45)40-33-38-18-25(19-39-33)47-32(34)35/h3-6,15-16,18-19,21,24,32H,7-14,20H2,1-2H3,(H,37,42)(H,41,46)(H,38,39,40). The molecule has 3 N–H and O–H groups in total. The fraction of sp³-hybridized carbons (Fsp3) is 0.424. The molecule has 4 aromatic rings. The van der Waals surface area contributed by atoms with Crippen molar-refractivity contribution in [2.45, 2.75) is 49.2 Å². The van der Waals surface area contributed by atoms with Crippen molar-refractivity contribution in [3.05, 3.63) is 59.9 Å². The van der Waals surface area contributed by atoms with E-state index in [0.29, 0.717) is 23.1 Å². The van der Waals surface area contributed by atoms with Crippen molar-refractivity contribution in [1.82, 2.24) is 29.0 Å². The van der Waals surface area contributed by atoms with Gasteiger partial charge in [0.1, 0.15) is 6.07 Å². The van der Waals surface area contributed by atoms with Gasteiger partial charge in [0.15, 0.2) is 11.6 Å². The summed E-state index contributed by atoms with van der Waals surface area (Å²) in [6, 6.07) is 14.4. The third-order valence-electron chi connectivity index (χ3n) is 8.80. The zero-order valence-electron chi connectivity index (χ0n) is 26.8. The summed E-state index contributed by atoms with van der Waals surface area (Å²) >= 11 is 1.59. The number of anilines is 3. The Balaban J connectivity index is 0.972. The average molecular weight is 677 g/mol. The Morgan fingerprint density at radius 2 is 1.83 bits per heavy atom. The van der Waals surface area contributed by atoms with Gasteiger partial charge in [-0.05, 0) is 92.5 Å². The van der Waals surface area contributed by atoms with Gasteiger partial charge in [-0.2, -0.15) is 19.1 Å². The summed E-state index contributed by atoms with van der Waals surface area (Å²) in [5, 5.41) is 24.8. The number of likely N-dealkylation sites (tertiary alicyclic amines) is 1. The SMILES string of the molecule is CNc1nn(C)c2cc(C3CCN(CC(=O)Nc4cc(SN5CCC(Nc6ncc(OC(F)F)cn6)CC5)ccc4C#N)CC3)ccc12. The number of piperidine rings is 2. The maximum absolute atomic E-state index is 13.1. The summed E-state index contributed by atoms with van der Waals surface area (Å²) < 4.78 is 33.2. The molecule has 12 nitrogen and oxygen atoms in total. The highest BCUT2D eigenvalue weighted by atomic mass is 32.2. The number of hydrogen-bond acceptors (Lipinski definition) is 11. The van der Waals surface area contributed by atoms with Crippen LogP contribution in [-0.2, 0) is 11.8 Å². The first kappa shape index (κ1) is 33.4. The molecular formula is C33H38F2N10O2S. The van der Waals surface area contributed by atoms with Crippen LogP contribution in [0.3, 0.4) is 0 Å². The molecule has 2 aliphatic rings. The minimum atomic E-state index is -2.92. The Kier molecular flexibility index (Phi) is 10.5. The summed E-state index contributed by atoms with van der Waals surface area (Å²) in [4.78, 5) is 24.3. The molecule has 0 spiro atoms. The number of fused-ring (bicyclic) bond motifs is 1. The molecule has 252 valence electrons. The normalized spacial score (nSPS) is 16.6. The van der Waals surface area contributed by atoms with Gasteiger partial charge in [-0.1, -0.05) is 6.07 Å². The van der Waals surface area contributed by atoms with E-state index in [1.54, 1.807) is 18.0 Å². The van der Waals surface area contributed by atoms with Crippen LogP contribution >= 0.6 is 11.9 Å². The van der Waals surface area contributed by atoms with E-state index in [2.05, 4.69) is 69.2 Å². The fourth-order valence-electron chi connectivity index (χ4n) is 6.29. The zero-order valence-corrected chi connectivity index (χ0v) is 27.6. The number of ether oxygens (including phenoxy) is 1. The van der Waals surface area contributed by atoms with Crippen molar-refractivity contribution in [2.24, 2.45) is 7.05 Å². The molecule has 0 unspecified atom stereocenters. The maximum atomic E-state index is 13.1. The Morgan fingerprint density at radius 3 is 2.52 bits per heavy atom. The Hall–Kier alpha value is -4.52. The largest absolute Gasteiger partial charge is 0.432 e. The van der Waals surface area contributed by atoms with E-state index < -0.39 is 6.61 Å². The number of nitriles is 1. The van der Waals surface area contributed by atoms with Gasteiger partial charge in [0.2, 0.25) is 11.9 Å². The summed E-state index contributed by atoms with van der Waals surface area (Å²) in [5.41, 5.74) is 3.34. The Bertz CT molecular complexity index is 1760. The number of alkyl halides is 2. The molecule has 0 bridgehead atoms. The molecule has 2 aromatic carbocycles. The lowest BCUT2D eigenvalue weighted by atomic mass is 9.89. The van der Waals surface area contributed by atoms with Crippen molar-refractivity contribution in [3.63, 3.8) is 0 Å². The first-order valence-corrected chi connectivity index (χ1v) is 16.7. The molecule has 0 radical (unpaired) electrons. The monoisotopic (exact) mass is 676 g/mol. The molecule has 1 amide bonds. The van der Waals surface area contributed by atoms with Gasteiger partial charge in [-0.3, -0.25) is 14.4 Å². The van der Waals surface area contributed by atoms with Crippen molar-refractivity contribution >= 4 is 46.2 Å². The lowest BCUT2D eigenvalue weighted by molar-refractivity contribution is -0.117. The summed E-state index contributed by atoms with van der Waals surface area (Å²) in [6.07, 6.45) is 6.04. The minimum absolute atomic E-state index is 0.0841. The Morgan fingerprint density at radius 1 is 1.08 bits per heavy atom. The van der Waals surface area contributed by atoms with Gasteiger partial charge >= 0.3 is 6.61 Å². The third-order valence-corrected chi connectivity index (χ3v) is 9.89. The van der Waals surface area contributed by atoms with Gasteiger partial charge in [-0.25, -0.2) is 14.3 Å². The lowest BCUT2D eigenvalue weighted by Crippen LogP contribution is -2.38. The fourth-order valence-corrected chi connectivity index (χ4v) is 7.28. The van der Waals surface area contributed by atoms with Crippen molar-refractivity contribution < 1.29 is 18.3 Å². The van der Waals surface area contributed by atoms with E-state index in [4.69, 9.17) is 0 Å². The van der Waals surface area contributed by atoms with Crippen molar-refractivity contribution in [3.8, 4) is 11.8 Å². The highest BCUT2D eigenvalue weighted by Gasteiger charge is 2.24. The second-order valence-electron chi connectivity index (χ2n) is 12.0. The molecule has 0 atom stereocenters. The first-order chi connectivity index (χ1) is 23.3. The molecule has 2 aromatic heterocycles. The van der Waals surface area contributed by atoms with E-state index >= 15 is 0 Å². The Labute approximate surface area is 282 Å². The summed E-state index contributed by atoms with van der Waals surface area (Å²) in [6.45, 7) is 0.575. The molecule has 2 aliphatic heterocycles. The molecule has 48 heavy (non-hydrogen) atoms. The number of nitrogens with one attached hydrogen (secondary N) is 3. The molecule has 0 saturated carbocycles. The molecule has 2 fully saturated rings. The van der Waals surface area contributed by atoms with Crippen LogP contribution in [0.1, 0.15) is 42.7 Å². The van der Waals surface area contributed by atoms with Crippen LogP contribution in [0.15, 0.2) is 53.7 Å². The van der Waals surface area contributed by atoms with Gasteiger partial charge < -0.3 is 20.7 Å². The second-order valence-corrected chi connectivity index (χ2v) is 13.1. The lowest BCUT2D eigenvalue weighted by Gasteiger charge is -2.32. The maximum Gasteiger partial charge on any atom is 0.387 e. The van der Waals surface area contributed by atoms with Gasteiger partial charge in [0.25, 0.3) is 0 Å². The number of nitrogens with zero attached hydrogens (tertiary/aromatic N) is 7. The number of rotatable bonds is 11. The van der Waals surface area contributed by atoms with Crippen LogP contribution < -0.4 is 20.7 Å². The van der Waals surface area contributed by atoms with E-state index in [9.17, 15) is 18.8 Å². The summed E-state index contributed by atoms with van der Waals surface area (Å²) in [5.74, 6) is 1.45. The molecule has 6 rings (SSSR count). The minimum Gasteiger partial charge on any atom is -0.432 e. The zero-order chi connectivity index (χ0) is 33.6. The number of benzene rings is 2. The number of carbonyl (C=O) groups excluding carboxylic acids is 1. The molecule has 4 heterocycles. The van der Waals surface area contributed by atoms with Crippen LogP contribution in [0.2, 0.25) is 0 Å². The second kappa shape index (κ2) is 15.1. The number of halogens is 2. The number of carbonyl (C=O) groups is 1. The number of hydrogen-bond donors (Lipinski definition) is 3. The van der Waals surface area contributed by atoms with E-state index in [1.165, 1.54) is 18.0 Å². The number of aryl methyl sites for hydroxylation is 1. The van der Waals surface area contributed by atoms with Gasteiger partial charge in [0, 0.05) is 43.5 Å². The van der Waals surface area contributed by atoms with E-state index in [0.717, 1.165) is 73.5 Å². The highest BCUT2D eigenvalue weighted by Crippen LogP contribution is 2.33. The van der Waals surface area contributed by atoms with E-state index in [-0.39, 0.29) is 24.2 Å². The average Bonchev–Trinajstić information content (AvgIpc) is 3.41. The van der Waals surface area contributed by atoms with Crippen LogP contribution in [0.5, 0.6) is 5.75 Å². The van der Waals surface area contributed by atoms with Crippen LogP contribution in [0, 0.1) is 11.3 Å². The van der Waals surface area contributed by atoms with Crippen molar-refractivity contribution in [2.75, 3.05) is 55.7 Å². The van der Waals surface area contributed by atoms with Crippen LogP contribution in [0.25, 0.3) is 10.9 Å². The molecule has 15 heteroatoms. The molecule has 2 saturated heterocycles. The van der Waals surface area contributed by atoms with Gasteiger partial charge in [0.05, 0.1) is 35.7 Å². The number of aromatic nitrogens is 4. The predicted molar refractivity (Wildman–Crippen MR) is 181 cm³/mol. The predicted octanol–water partition coefficient (Wildman–Crippen LogP) is 5.28. The van der Waals surface area contributed by atoms with Crippen LogP contribution in [0.4, 0.5) is 26.2 Å². The molecule has 0 aliphatic carbocycles. The summed E-state index contributed by atoms with van der Waals surface area (Å²) in [7, 11) is 3.84. The molecular weight excluding hydrogens is 638 g/mol. The number of amides is 1.